The summed E-state index contributed by atoms with van der Waals surface area (Å²) in [6.07, 6.45) is 77.4. The predicted octanol–water partition coefficient (Wildman–Crippen LogP) is 22.1. The molecule has 0 fully saturated rings. The first-order chi connectivity index (χ1) is 38.0. The van der Waals surface area contributed by atoms with E-state index in [0.29, 0.717) is 23.9 Å². The summed E-state index contributed by atoms with van der Waals surface area (Å²) < 4.78 is 23.9. The molecule has 0 spiro atoms. The van der Waals surface area contributed by atoms with Gasteiger partial charge in [0.25, 0.3) is 0 Å². The summed E-state index contributed by atoms with van der Waals surface area (Å²) in [6, 6.07) is -0.759. The van der Waals surface area contributed by atoms with E-state index in [4.69, 9.17) is 9.05 Å². The average molecular weight is 1120 g/mol. The van der Waals surface area contributed by atoms with Gasteiger partial charge in [0.1, 0.15) is 13.2 Å². The highest BCUT2D eigenvalue weighted by Crippen LogP contribution is 2.43. The Labute approximate surface area is 488 Å². The standard InChI is InChI=1S/C69H139N2O6P/c1-6-8-10-12-14-16-18-20-22-24-26-28-30-32-34-35-37-39-41-43-45-47-49-51-53-55-57-59-61-63-69(73)70-67(66-77-78(74,75)76-65-64-71(3,4)5)68(72)62-60-58-56-54-52-50-48-46-44-42-40-38-36-33-31-29-27-25-23-21-19-17-15-13-11-9-7-2/h24,26,67-68,72H,6-23,25,27-66H2,1-5H3,(H-,70,73,74,75)/p+1/b26-24-. The summed E-state index contributed by atoms with van der Waals surface area (Å²) in [5.41, 5.74) is 0. The van der Waals surface area contributed by atoms with Crippen molar-refractivity contribution in [3.8, 4) is 0 Å². The number of allylic oxidation sites excluding steroid dienone is 2. The van der Waals surface area contributed by atoms with Gasteiger partial charge in [-0.1, -0.05) is 341 Å². The van der Waals surface area contributed by atoms with Crippen LogP contribution in [0.25, 0.3) is 0 Å². The van der Waals surface area contributed by atoms with Crippen LogP contribution in [0.1, 0.15) is 373 Å². The number of hydrogen-bond acceptors (Lipinski definition) is 5. The Morgan fingerprint density at radius 1 is 0.423 bits per heavy atom. The lowest BCUT2D eigenvalue weighted by Gasteiger charge is -2.26. The average Bonchev–Trinajstić information content (AvgIpc) is 3.41. The number of likely N-dealkylation sites (N-methyl/N-ethyl adjacent to an activating group) is 1. The van der Waals surface area contributed by atoms with Crippen molar-refractivity contribution in [3.63, 3.8) is 0 Å². The Hall–Kier alpha value is -0.760. The van der Waals surface area contributed by atoms with Crippen molar-refractivity contribution < 1.29 is 32.9 Å². The van der Waals surface area contributed by atoms with Crippen molar-refractivity contribution >= 4 is 13.7 Å². The van der Waals surface area contributed by atoms with Crippen LogP contribution in [-0.2, 0) is 18.4 Å². The number of aliphatic hydroxyl groups excluding tert-OH is 1. The van der Waals surface area contributed by atoms with Crippen LogP contribution < -0.4 is 5.32 Å². The first-order valence-corrected chi connectivity index (χ1v) is 36.5. The molecule has 0 aliphatic heterocycles. The minimum Gasteiger partial charge on any atom is -0.391 e. The highest BCUT2D eigenvalue weighted by atomic mass is 31.2. The summed E-state index contributed by atoms with van der Waals surface area (Å²) in [4.78, 5) is 23.5. The number of rotatable bonds is 66. The monoisotopic (exact) mass is 1120 g/mol. The fraction of sp³-hybridized carbons (Fsp3) is 0.957. The van der Waals surface area contributed by atoms with E-state index in [1.807, 2.05) is 21.1 Å². The molecule has 0 saturated heterocycles. The number of carbonyl (C=O) groups excluding carboxylic acids is 1. The third-order valence-corrected chi connectivity index (χ3v) is 17.5. The van der Waals surface area contributed by atoms with Crippen LogP contribution in [0.15, 0.2) is 12.2 Å². The van der Waals surface area contributed by atoms with Crippen molar-refractivity contribution in [2.75, 3.05) is 40.9 Å². The number of quaternary nitrogens is 1. The normalized spacial score (nSPS) is 13.7. The van der Waals surface area contributed by atoms with E-state index in [2.05, 4.69) is 31.3 Å². The quantitative estimate of drug-likeness (QED) is 0.0243. The molecule has 0 aliphatic carbocycles. The Kier molecular flexibility index (Phi) is 60.2. The van der Waals surface area contributed by atoms with Crippen LogP contribution >= 0.6 is 7.82 Å². The Morgan fingerprint density at radius 3 is 0.987 bits per heavy atom. The number of hydrogen-bond donors (Lipinski definition) is 3. The molecule has 0 saturated carbocycles. The molecule has 0 rings (SSSR count). The van der Waals surface area contributed by atoms with Crippen LogP contribution in [-0.4, -0.2) is 73.4 Å². The molecule has 466 valence electrons. The molecule has 3 N–H and O–H groups in total. The maximum Gasteiger partial charge on any atom is 0.472 e. The van der Waals surface area contributed by atoms with Crippen LogP contribution in [0.3, 0.4) is 0 Å². The van der Waals surface area contributed by atoms with Gasteiger partial charge in [0, 0.05) is 6.42 Å². The second-order valence-corrected chi connectivity index (χ2v) is 27.1. The van der Waals surface area contributed by atoms with Crippen molar-refractivity contribution in [1.29, 1.82) is 0 Å². The highest BCUT2D eigenvalue weighted by molar-refractivity contribution is 7.47. The summed E-state index contributed by atoms with van der Waals surface area (Å²) in [5, 5.41) is 14.2. The molecule has 3 unspecified atom stereocenters. The molecule has 78 heavy (non-hydrogen) atoms. The maximum absolute atomic E-state index is 13.1. The van der Waals surface area contributed by atoms with Crippen molar-refractivity contribution in [3.05, 3.63) is 12.2 Å². The highest BCUT2D eigenvalue weighted by Gasteiger charge is 2.28. The predicted molar refractivity (Wildman–Crippen MR) is 342 cm³/mol. The second kappa shape index (κ2) is 60.8. The molecule has 8 nitrogen and oxygen atoms in total. The zero-order valence-corrected chi connectivity index (χ0v) is 54.3. The molecule has 1 amide bonds. The lowest BCUT2D eigenvalue weighted by atomic mass is 10.0. The zero-order chi connectivity index (χ0) is 57.0. The van der Waals surface area contributed by atoms with Gasteiger partial charge in [-0.05, 0) is 38.5 Å². The molecule has 0 heterocycles. The number of carbonyl (C=O) groups is 1. The number of amides is 1. The van der Waals surface area contributed by atoms with Crippen LogP contribution in [0, 0.1) is 0 Å². The third-order valence-electron chi connectivity index (χ3n) is 16.5. The third kappa shape index (κ3) is 62.8. The van der Waals surface area contributed by atoms with Crippen molar-refractivity contribution in [2.24, 2.45) is 0 Å². The second-order valence-electron chi connectivity index (χ2n) is 25.6. The first kappa shape index (κ1) is 77.2. The number of phosphoric ester groups is 1. The summed E-state index contributed by atoms with van der Waals surface area (Å²) in [7, 11) is 1.64. The van der Waals surface area contributed by atoms with Gasteiger partial charge in [-0.15, -0.1) is 0 Å². The number of nitrogens with one attached hydrogen (secondary N) is 1. The van der Waals surface area contributed by atoms with E-state index in [0.717, 1.165) is 38.5 Å². The molecule has 0 aliphatic rings. The van der Waals surface area contributed by atoms with Crippen LogP contribution in [0.4, 0.5) is 0 Å². The van der Waals surface area contributed by atoms with Crippen molar-refractivity contribution in [2.45, 2.75) is 386 Å². The smallest absolute Gasteiger partial charge is 0.391 e. The topological polar surface area (TPSA) is 105 Å². The molecule has 0 aromatic heterocycles. The van der Waals surface area contributed by atoms with Gasteiger partial charge < -0.3 is 19.8 Å². The van der Waals surface area contributed by atoms with Crippen LogP contribution in [0.5, 0.6) is 0 Å². The molecular weight excluding hydrogens is 984 g/mol. The van der Waals surface area contributed by atoms with E-state index in [1.54, 1.807) is 0 Å². The van der Waals surface area contributed by atoms with Crippen molar-refractivity contribution in [1.82, 2.24) is 5.32 Å². The molecule has 0 radical (unpaired) electrons. The van der Waals surface area contributed by atoms with E-state index >= 15 is 0 Å². The molecule has 0 bridgehead atoms. The number of phosphoric acid groups is 1. The molecule has 0 aromatic carbocycles. The number of unbranched alkanes of at least 4 members (excludes halogenated alkanes) is 51. The Morgan fingerprint density at radius 2 is 0.692 bits per heavy atom. The maximum atomic E-state index is 13.1. The molecule has 9 heteroatoms. The van der Waals surface area contributed by atoms with E-state index in [9.17, 15) is 19.4 Å². The Balaban J connectivity index is 4.00. The number of aliphatic hydroxyl groups is 1. The molecule has 0 aromatic rings. The first-order valence-electron chi connectivity index (χ1n) is 35.1. The van der Waals surface area contributed by atoms with Gasteiger partial charge in [-0.3, -0.25) is 13.8 Å². The summed E-state index contributed by atoms with van der Waals surface area (Å²) >= 11 is 0. The van der Waals surface area contributed by atoms with Gasteiger partial charge >= 0.3 is 7.82 Å². The minimum absolute atomic E-state index is 0.0783. The fourth-order valence-electron chi connectivity index (χ4n) is 11.0. The fourth-order valence-corrected chi connectivity index (χ4v) is 11.8. The van der Waals surface area contributed by atoms with Gasteiger partial charge in [-0.25, -0.2) is 4.57 Å². The van der Waals surface area contributed by atoms with Gasteiger partial charge in [0.15, 0.2) is 0 Å². The van der Waals surface area contributed by atoms with Gasteiger partial charge in [0.2, 0.25) is 5.91 Å². The lowest BCUT2D eigenvalue weighted by molar-refractivity contribution is -0.870. The largest absolute Gasteiger partial charge is 0.472 e. The van der Waals surface area contributed by atoms with E-state index in [1.165, 1.54) is 308 Å². The van der Waals surface area contributed by atoms with E-state index < -0.39 is 20.0 Å². The minimum atomic E-state index is -4.33. The molecular formula is C69H140N2O6P+. The molecule has 3 atom stereocenters. The summed E-state index contributed by atoms with van der Waals surface area (Å²) in [6.45, 7) is 4.96. The van der Waals surface area contributed by atoms with Crippen LogP contribution in [0.2, 0.25) is 0 Å². The van der Waals surface area contributed by atoms with E-state index in [-0.39, 0.29) is 19.1 Å². The number of nitrogens with zero attached hydrogens (tertiary/aromatic N) is 1. The summed E-state index contributed by atoms with van der Waals surface area (Å²) in [5.74, 6) is -0.135. The van der Waals surface area contributed by atoms with Gasteiger partial charge in [-0.2, -0.15) is 0 Å². The SMILES string of the molecule is CCCCCCCCCC/C=C\CCCCCCCCCCCCCCCCCCCC(=O)NC(COP(=O)(O)OCC[N+](C)(C)C)C(O)CCCCCCCCCCCCCCCCCCCCCCCCCCCCC. The lowest BCUT2D eigenvalue weighted by Crippen LogP contribution is -2.46. The van der Waals surface area contributed by atoms with Gasteiger partial charge in [0.05, 0.1) is 39.9 Å². The zero-order valence-electron chi connectivity index (χ0n) is 53.5. The Bertz CT molecular complexity index is 1280.